The van der Waals surface area contributed by atoms with Crippen molar-refractivity contribution < 1.29 is 4.74 Å². The first-order valence-corrected chi connectivity index (χ1v) is 4.97. The molecule has 0 aliphatic carbocycles. The minimum atomic E-state index is -0.0456. The number of rotatable bonds is 0. The molecule has 2 aliphatic rings. The molecule has 1 unspecified atom stereocenters. The van der Waals surface area contributed by atoms with Gasteiger partial charge in [-0.15, -0.1) is 0 Å². The average Bonchev–Trinajstić information content (AvgIpc) is 2.66. The van der Waals surface area contributed by atoms with Gasteiger partial charge in [0.2, 0.25) is 0 Å². The molecule has 1 aromatic heterocycles. The Kier molecular flexibility index (Phi) is 1.64. The number of nitrogens with one attached hydrogen (secondary N) is 2. The molecular weight excluding hydrogens is 178 g/mol. The van der Waals surface area contributed by atoms with Crippen molar-refractivity contribution in [3.8, 4) is 5.75 Å². The van der Waals surface area contributed by atoms with Crippen LogP contribution in [0.1, 0.15) is 6.42 Å². The molecule has 74 valence electrons. The Balaban J connectivity index is 1.92. The van der Waals surface area contributed by atoms with Crippen LogP contribution in [0.4, 0.5) is 5.82 Å². The Morgan fingerprint density at radius 3 is 3.29 bits per heavy atom. The number of hydrogen-bond acceptors (Lipinski definition) is 4. The molecule has 1 aromatic rings. The Bertz CT molecular complexity index is 347. The molecule has 0 amide bonds. The fourth-order valence-electron chi connectivity index (χ4n) is 2.08. The van der Waals surface area contributed by atoms with Gasteiger partial charge in [0.1, 0.15) is 5.60 Å². The second-order valence-corrected chi connectivity index (χ2v) is 3.92. The lowest BCUT2D eigenvalue weighted by molar-refractivity contribution is 0.0958. The van der Waals surface area contributed by atoms with Crippen molar-refractivity contribution in [2.24, 2.45) is 0 Å². The van der Waals surface area contributed by atoms with Crippen LogP contribution in [-0.4, -0.2) is 30.2 Å². The highest BCUT2D eigenvalue weighted by Gasteiger charge is 2.39. The number of aromatic nitrogens is 1. The zero-order valence-corrected chi connectivity index (χ0v) is 7.92. The van der Waals surface area contributed by atoms with Crippen LogP contribution in [0.3, 0.4) is 0 Å². The average molecular weight is 191 g/mol. The lowest BCUT2D eigenvalue weighted by Crippen LogP contribution is -2.47. The van der Waals surface area contributed by atoms with Gasteiger partial charge in [-0.2, -0.15) is 0 Å². The normalized spacial score (nSPS) is 29.4. The molecule has 4 heteroatoms. The van der Waals surface area contributed by atoms with Crippen LogP contribution in [-0.2, 0) is 0 Å². The van der Waals surface area contributed by atoms with Crippen LogP contribution in [0.5, 0.6) is 5.75 Å². The summed E-state index contributed by atoms with van der Waals surface area (Å²) in [6, 6.07) is 3.87. The Morgan fingerprint density at radius 1 is 1.43 bits per heavy atom. The minimum absolute atomic E-state index is 0.0456. The van der Waals surface area contributed by atoms with E-state index < -0.39 is 0 Å². The molecule has 1 fully saturated rings. The van der Waals surface area contributed by atoms with E-state index in [1.807, 2.05) is 12.1 Å². The van der Waals surface area contributed by atoms with E-state index in [1.54, 1.807) is 6.20 Å². The maximum Gasteiger partial charge on any atom is 0.168 e. The van der Waals surface area contributed by atoms with Crippen molar-refractivity contribution in [2.45, 2.75) is 12.0 Å². The summed E-state index contributed by atoms with van der Waals surface area (Å²) in [5.41, 5.74) is -0.0456. The first-order chi connectivity index (χ1) is 6.88. The van der Waals surface area contributed by atoms with Crippen LogP contribution in [0.25, 0.3) is 0 Å². The summed E-state index contributed by atoms with van der Waals surface area (Å²) in [5, 5.41) is 6.65. The van der Waals surface area contributed by atoms with Gasteiger partial charge in [0.15, 0.2) is 11.6 Å². The zero-order chi connectivity index (χ0) is 9.43. The molecule has 0 aromatic carbocycles. The molecule has 0 radical (unpaired) electrons. The van der Waals surface area contributed by atoms with Crippen molar-refractivity contribution in [1.82, 2.24) is 10.3 Å². The third-order valence-electron chi connectivity index (χ3n) is 2.88. The standard InChI is InChI=1S/C10H13N3O/c1-2-8-9(12-4-1)13-7-10(14-8)3-5-11-6-10/h1-2,4,11H,3,5-7H2,(H,12,13). The molecular formula is C10H13N3O. The second kappa shape index (κ2) is 2.85. The molecule has 2 N–H and O–H groups in total. The van der Waals surface area contributed by atoms with Crippen molar-refractivity contribution >= 4 is 5.82 Å². The molecule has 1 atom stereocenters. The Labute approximate surface area is 82.7 Å². The van der Waals surface area contributed by atoms with Gasteiger partial charge in [0.05, 0.1) is 6.54 Å². The number of pyridine rings is 1. The summed E-state index contributed by atoms with van der Waals surface area (Å²) in [4.78, 5) is 4.22. The van der Waals surface area contributed by atoms with Gasteiger partial charge in [-0.05, 0) is 18.7 Å². The van der Waals surface area contributed by atoms with Crippen molar-refractivity contribution in [1.29, 1.82) is 0 Å². The van der Waals surface area contributed by atoms with Crippen molar-refractivity contribution in [2.75, 3.05) is 25.0 Å². The number of fused-ring (bicyclic) bond motifs is 1. The van der Waals surface area contributed by atoms with Gasteiger partial charge < -0.3 is 15.4 Å². The molecule has 14 heavy (non-hydrogen) atoms. The maximum absolute atomic E-state index is 5.99. The first kappa shape index (κ1) is 8.05. The van der Waals surface area contributed by atoms with Gasteiger partial charge in [-0.25, -0.2) is 4.98 Å². The lowest BCUT2D eigenvalue weighted by atomic mass is 10.0. The highest BCUT2D eigenvalue weighted by molar-refractivity contribution is 5.52. The molecule has 0 saturated carbocycles. The molecule has 1 saturated heterocycles. The highest BCUT2D eigenvalue weighted by atomic mass is 16.5. The van der Waals surface area contributed by atoms with Crippen LogP contribution >= 0.6 is 0 Å². The quantitative estimate of drug-likeness (QED) is 0.631. The summed E-state index contributed by atoms with van der Waals surface area (Å²) >= 11 is 0. The van der Waals surface area contributed by atoms with E-state index in [-0.39, 0.29) is 5.60 Å². The van der Waals surface area contributed by atoms with Crippen LogP contribution in [0, 0.1) is 0 Å². The van der Waals surface area contributed by atoms with E-state index in [9.17, 15) is 0 Å². The molecule has 3 heterocycles. The van der Waals surface area contributed by atoms with Crippen molar-refractivity contribution in [3.05, 3.63) is 18.3 Å². The van der Waals surface area contributed by atoms with Gasteiger partial charge >= 0.3 is 0 Å². The summed E-state index contributed by atoms with van der Waals surface area (Å²) < 4.78 is 5.99. The van der Waals surface area contributed by atoms with E-state index in [4.69, 9.17) is 4.74 Å². The molecule has 2 aliphatic heterocycles. The van der Waals surface area contributed by atoms with Crippen LogP contribution in [0.2, 0.25) is 0 Å². The number of anilines is 1. The molecule has 3 rings (SSSR count). The smallest absolute Gasteiger partial charge is 0.168 e. The van der Waals surface area contributed by atoms with E-state index in [1.165, 1.54) is 0 Å². The first-order valence-electron chi connectivity index (χ1n) is 4.97. The predicted molar refractivity (Wildman–Crippen MR) is 53.6 cm³/mol. The highest BCUT2D eigenvalue weighted by Crippen LogP contribution is 2.33. The second-order valence-electron chi connectivity index (χ2n) is 3.92. The van der Waals surface area contributed by atoms with Gasteiger partial charge in [-0.1, -0.05) is 0 Å². The summed E-state index contributed by atoms with van der Waals surface area (Å²) in [6.45, 7) is 2.82. The molecule has 1 spiro atoms. The van der Waals surface area contributed by atoms with Gasteiger partial charge in [0.25, 0.3) is 0 Å². The molecule has 0 bridgehead atoms. The molecule has 4 nitrogen and oxygen atoms in total. The SMILES string of the molecule is c1cnc2c(c1)OC1(CCNC1)CN2. The zero-order valence-electron chi connectivity index (χ0n) is 7.92. The summed E-state index contributed by atoms with van der Waals surface area (Å²) in [7, 11) is 0. The predicted octanol–water partition coefficient (Wildman–Crippen LogP) is 0.618. The summed E-state index contributed by atoms with van der Waals surface area (Å²) in [5.74, 6) is 1.74. The minimum Gasteiger partial charge on any atom is -0.480 e. The Morgan fingerprint density at radius 2 is 2.43 bits per heavy atom. The third-order valence-corrected chi connectivity index (χ3v) is 2.88. The Hall–Kier alpha value is -1.29. The maximum atomic E-state index is 5.99. The monoisotopic (exact) mass is 191 g/mol. The fourth-order valence-corrected chi connectivity index (χ4v) is 2.08. The van der Waals surface area contributed by atoms with E-state index in [0.29, 0.717) is 0 Å². The third kappa shape index (κ3) is 1.14. The fraction of sp³-hybridized carbons (Fsp3) is 0.500. The van der Waals surface area contributed by atoms with Crippen LogP contribution < -0.4 is 15.4 Å². The van der Waals surface area contributed by atoms with E-state index in [2.05, 4.69) is 15.6 Å². The van der Waals surface area contributed by atoms with Gasteiger partial charge in [0, 0.05) is 19.2 Å². The summed E-state index contributed by atoms with van der Waals surface area (Å²) in [6.07, 6.45) is 2.84. The number of nitrogens with zero attached hydrogens (tertiary/aromatic N) is 1. The lowest BCUT2D eigenvalue weighted by Gasteiger charge is -2.34. The van der Waals surface area contributed by atoms with Gasteiger partial charge in [-0.3, -0.25) is 0 Å². The van der Waals surface area contributed by atoms with E-state index >= 15 is 0 Å². The topological polar surface area (TPSA) is 46.2 Å². The van der Waals surface area contributed by atoms with Crippen LogP contribution in [0.15, 0.2) is 18.3 Å². The van der Waals surface area contributed by atoms with Crippen molar-refractivity contribution in [3.63, 3.8) is 0 Å². The largest absolute Gasteiger partial charge is 0.480 e. The number of hydrogen-bond donors (Lipinski definition) is 2. The van der Waals surface area contributed by atoms with E-state index in [0.717, 1.165) is 37.6 Å². The number of ether oxygens (including phenoxy) is 1.